The molecule has 0 spiro atoms. The molecule has 0 saturated heterocycles. The fourth-order valence-electron chi connectivity index (χ4n) is 1.98. The maximum atomic E-state index is 5.90. The lowest BCUT2D eigenvalue weighted by atomic mass is 9.97. The molecular formula is C16H31N5O. The van der Waals surface area contributed by atoms with Crippen LogP contribution in [0, 0.1) is 5.92 Å². The van der Waals surface area contributed by atoms with E-state index in [2.05, 4.69) is 41.2 Å². The average molecular weight is 309 g/mol. The molecule has 6 heteroatoms. The molecule has 0 bridgehead atoms. The van der Waals surface area contributed by atoms with Gasteiger partial charge in [0.1, 0.15) is 6.54 Å². The van der Waals surface area contributed by atoms with Crippen molar-refractivity contribution in [2.75, 3.05) is 0 Å². The lowest BCUT2D eigenvalue weighted by Crippen LogP contribution is -2.38. The number of hydrogen-bond acceptors (Lipinski definition) is 4. The minimum atomic E-state index is -0.149. The third kappa shape index (κ3) is 6.91. The smallest absolute Gasteiger partial charge is 0.232 e. The van der Waals surface area contributed by atoms with Crippen LogP contribution in [0.3, 0.4) is 0 Å². The number of nitrogens with zero attached hydrogens (tertiary/aromatic N) is 3. The number of guanidine groups is 1. The van der Waals surface area contributed by atoms with Gasteiger partial charge in [0.2, 0.25) is 5.89 Å². The first-order valence-corrected chi connectivity index (χ1v) is 8.08. The summed E-state index contributed by atoms with van der Waals surface area (Å²) in [7, 11) is 0. The molecule has 22 heavy (non-hydrogen) atoms. The molecule has 1 aromatic heterocycles. The summed E-state index contributed by atoms with van der Waals surface area (Å²) < 4.78 is 5.23. The summed E-state index contributed by atoms with van der Waals surface area (Å²) in [5.41, 5.74) is 5.75. The molecule has 1 heterocycles. The Labute approximate surface area is 134 Å². The van der Waals surface area contributed by atoms with Crippen molar-refractivity contribution in [1.82, 2.24) is 15.5 Å². The van der Waals surface area contributed by atoms with Crippen molar-refractivity contribution < 1.29 is 4.52 Å². The Balaban J connectivity index is 2.40. The highest BCUT2D eigenvalue weighted by Gasteiger charge is 2.21. The van der Waals surface area contributed by atoms with Gasteiger partial charge < -0.3 is 15.6 Å². The van der Waals surface area contributed by atoms with Crippen molar-refractivity contribution in [3.05, 3.63) is 11.7 Å². The van der Waals surface area contributed by atoms with Gasteiger partial charge in [-0.15, -0.1) is 0 Å². The monoisotopic (exact) mass is 309 g/mol. The number of aliphatic imine (C=N–C) groups is 1. The van der Waals surface area contributed by atoms with Gasteiger partial charge in [-0.25, -0.2) is 4.99 Å². The summed E-state index contributed by atoms with van der Waals surface area (Å²) in [6, 6.07) is 0.318. The van der Waals surface area contributed by atoms with Gasteiger partial charge in [-0.2, -0.15) is 4.98 Å². The second-order valence-corrected chi connectivity index (χ2v) is 7.34. The first kappa shape index (κ1) is 18.5. The Bertz CT molecular complexity index is 473. The summed E-state index contributed by atoms with van der Waals surface area (Å²) in [5, 5.41) is 7.13. The maximum absolute atomic E-state index is 5.90. The zero-order valence-corrected chi connectivity index (χ0v) is 14.8. The highest BCUT2D eigenvalue weighted by molar-refractivity contribution is 5.78. The van der Waals surface area contributed by atoms with Crippen LogP contribution in [0.25, 0.3) is 0 Å². The normalized spacial score (nSPS) is 14.4. The van der Waals surface area contributed by atoms with E-state index in [1.165, 1.54) is 12.8 Å². The lowest BCUT2D eigenvalue weighted by Gasteiger charge is -2.14. The van der Waals surface area contributed by atoms with Crippen molar-refractivity contribution in [2.45, 2.75) is 78.8 Å². The van der Waals surface area contributed by atoms with Gasteiger partial charge in [-0.05, 0) is 19.3 Å². The molecule has 0 aliphatic rings. The first-order valence-electron chi connectivity index (χ1n) is 8.08. The van der Waals surface area contributed by atoms with Crippen LogP contribution in [0.15, 0.2) is 9.52 Å². The molecule has 1 unspecified atom stereocenters. The summed E-state index contributed by atoms with van der Waals surface area (Å²) in [5.74, 6) is 2.35. The summed E-state index contributed by atoms with van der Waals surface area (Å²) in [6.45, 7) is 13.0. The number of hydrogen-bond donors (Lipinski definition) is 2. The summed E-state index contributed by atoms with van der Waals surface area (Å²) in [4.78, 5) is 8.60. The average Bonchev–Trinajstić information content (AvgIpc) is 2.84. The van der Waals surface area contributed by atoms with Crippen molar-refractivity contribution in [3.8, 4) is 0 Å². The highest BCUT2D eigenvalue weighted by Crippen LogP contribution is 2.19. The number of nitrogens with two attached hydrogens (primary N) is 1. The Kier molecular flexibility index (Phi) is 6.84. The van der Waals surface area contributed by atoms with Crippen molar-refractivity contribution in [3.63, 3.8) is 0 Å². The zero-order valence-electron chi connectivity index (χ0n) is 14.8. The topological polar surface area (TPSA) is 89.3 Å². The third-order valence-electron chi connectivity index (χ3n) is 3.31. The molecule has 3 N–H and O–H groups in total. The van der Waals surface area contributed by atoms with Crippen LogP contribution in [-0.2, 0) is 12.0 Å². The third-order valence-corrected chi connectivity index (χ3v) is 3.31. The molecule has 0 fully saturated rings. The summed E-state index contributed by atoms with van der Waals surface area (Å²) in [6.07, 6.45) is 3.52. The van der Waals surface area contributed by atoms with E-state index in [9.17, 15) is 0 Å². The second kappa shape index (κ2) is 8.15. The maximum Gasteiger partial charge on any atom is 0.232 e. The molecule has 0 amide bonds. The van der Waals surface area contributed by atoms with E-state index in [4.69, 9.17) is 10.3 Å². The second-order valence-electron chi connectivity index (χ2n) is 7.34. The van der Waals surface area contributed by atoms with Gasteiger partial charge in [-0.3, -0.25) is 0 Å². The van der Waals surface area contributed by atoms with E-state index in [-0.39, 0.29) is 5.41 Å². The fraction of sp³-hybridized carbons (Fsp3) is 0.812. The number of aromatic nitrogens is 2. The van der Waals surface area contributed by atoms with Gasteiger partial charge >= 0.3 is 0 Å². The van der Waals surface area contributed by atoms with E-state index < -0.39 is 0 Å². The Hall–Kier alpha value is -1.59. The lowest BCUT2D eigenvalue weighted by molar-refractivity contribution is 0.318. The molecule has 0 radical (unpaired) electrons. The Morgan fingerprint density at radius 3 is 2.50 bits per heavy atom. The standard InChI is InChI=1S/C16H31N5O/c1-11(2)8-7-9-12(3)19-15(17)18-10-13-20-14(22-21-13)16(4,5)6/h11-12H,7-10H2,1-6H3,(H3,17,18,19). The minimum Gasteiger partial charge on any atom is -0.370 e. The van der Waals surface area contributed by atoms with Gasteiger partial charge in [-0.1, -0.05) is 52.6 Å². The van der Waals surface area contributed by atoms with Crippen LogP contribution in [0.4, 0.5) is 0 Å². The van der Waals surface area contributed by atoms with E-state index in [1.54, 1.807) is 0 Å². The predicted octanol–water partition coefficient (Wildman–Crippen LogP) is 2.99. The van der Waals surface area contributed by atoms with E-state index in [1.807, 2.05) is 20.8 Å². The Morgan fingerprint density at radius 2 is 1.95 bits per heavy atom. The van der Waals surface area contributed by atoms with Gasteiger partial charge in [0.05, 0.1) is 0 Å². The summed E-state index contributed by atoms with van der Waals surface area (Å²) >= 11 is 0. The van der Waals surface area contributed by atoms with Crippen LogP contribution in [0.2, 0.25) is 0 Å². The predicted molar refractivity (Wildman–Crippen MR) is 89.6 cm³/mol. The largest absolute Gasteiger partial charge is 0.370 e. The molecule has 6 nitrogen and oxygen atoms in total. The van der Waals surface area contributed by atoms with Crippen LogP contribution >= 0.6 is 0 Å². The highest BCUT2D eigenvalue weighted by atomic mass is 16.5. The molecule has 126 valence electrons. The Morgan fingerprint density at radius 1 is 1.27 bits per heavy atom. The SMILES string of the molecule is CC(C)CCCC(C)NC(N)=NCc1noc(C(C)(C)C)n1. The quantitative estimate of drug-likeness (QED) is 0.597. The molecule has 1 aromatic rings. The molecule has 0 saturated carbocycles. The molecule has 0 aliphatic heterocycles. The minimum absolute atomic E-state index is 0.149. The van der Waals surface area contributed by atoms with E-state index in [0.29, 0.717) is 30.3 Å². The molecule has 1 rings (SSSR count). The van der Waals surface area contributed by atoms with Crippen molar-refractivity contribution in [2.24, 2.45) is 16.6 Å². The molecular weight excluding hydrogens is 278 g/mol. The van der Waals surface area contributed by atoms with Crippen LogP contribution in [0.5, 0.6) is 0 Å². The van der Waals surface area contributed by atoms with Crippen LogP contribution in [-0.4, -0.2) is 22.1 Å². The fourth-order valence-corrected chi connectivity index (χ4v) is 1.98. The van der Waals surface area contributed by atoms with Crippen molar-refractivity contribution in [1.29, 1.82) is 0 Å². The van der Waals surface area contributed by atoms with Gasteiger partial charge in [0, 0.05) is 11.5 Å². The van der Waals surface area contributed by atoms with Crippen molar-refractivity contribution >= 4 is 5.96 Å². The van der Waals surface area contributed by atoms with Gasteiger partial charge in [0.15, 0.2) is 11.8 Å². The molecule has 0 aromatic carbocycles. The van der Waals surface area contributed by atoms with E-state index in [0.717, 1.165) is 12.3 Å². The molecule has 1 atom stereocenters. The molecule has 0 aliphatic carbocycles. The number of nitrogens with one attached hydrogen (secondary N) is 1. The van der Waals surface area contributed by atoms with Crippen LogP contribution in [0.1, 0.15) is 72.5 Å². The first-order chi connectivity index (χ1) is 10.2. The van der Waals surface area contributed by atoms with Gasteiger partial charge in [0.25, 0.3) is 0 Å². The zero-order chi connectivity index (χ0) is 16.8. The van der Waals surface area contributed by atoms with E-state index >= 15 is 0 Å². The number of rotatable bonds is 7. The van der Waals surface area contributed by atoms with Crippen LogP contribution < -0.4 is 11.1 Å².